The Morgan fingerprint density at radius 3 is 2.78 bits per heavy atom. The lowest BCUT2D eigenvalue weighted by atomic mass is 10.1. The predicted octanol–water partition coefficient (Wildman–Crippen LogP) is 3.76. The van der Waals surface area contributed by atoms with E-state index in [-0.39, 0.29) is 17.6 Å². The first-order chi connectivity index (χ1) is 11.0. The minimum absolute atomic E-state index is 0.227. The van der Waals surface area contributed by atoms with Gasteiger partial charge >= 0.3 is 5.88 Å². The van der Waals surface area contributed by atoms with Gasteiger partial charge in [-0.15, -0.1) is 0 Å². The van der Waals surface area contributed by atoms with E-state index in [0.717, 1.165) is 4.47 Å². The second-order valence-corrected chi connectivity index (χ2v) is 5.69. The third-order valence-corrected chi connectivity index (χ3v) is 3.69. The van der Waals surface area contributed by atoms with Crippen molar-refractivity contribution in [3.8, 4) is 0 Å². The Hall–Kier alpha value is -2.74. The molecule has 1 aliphatic rings. The van der Waals surface area contributed by atoms with Crippen molar-refractivity contribution in [3.05, 3.63) is 62.3 Å². The lowest BCUT2D eigenvalue weighted by Crippen LogP contribution is -2.21. The van der Waals surface area contributed by atoms with E-state index in [1.165, 1.54) is 23.2 Å². The molecule has 2 aromatic rings. The van der Waals surface area contributed by atoms with Crippen molar-refractivity contribution in [3.63, 3.8) is 0 Å². The number of carbonyl (C=O) groups is 1. The Bertz CT molecular complexity index is 869. The first-order valence-corrected chi connectivity index (χ1v) is 7.36. The molecule has 0 radical (unpaired) electrons. The Balaban J connectivity index is 1.93. The van der Waals surface area contributed by atoms with E-state index >= 15 is 0 Å². The summed E-state index contributed by atoms with van der Waals surface area (Å²) in [7, 11) is 0. The molecule has 8 heteroatoms. The van der Waals surface area contributed by atoms with Gasteiger partial charge < -0.3 is 4.42 Å². The van der Waals surface area contributed by atoms with Crippen LogP contribution in [0.1, 0.15) is 12.7 Å². The van der Waals surface area contributed by atoms with E-state index in [0.29, 0.717) is 17.0 Å². The number of hydrazone groups is 1. The van der Waals surface area contributed by atoms with Crippen molar-refractivity contribution >= 4 is 45.2 Å². The predicted molar refractivity (Wildman–Crippen MR) is 88.1 cm³/mol. The minimum Gasteiger partial charge on any atom is -0.401 e. The summed E-state index contributed by atoms with van der Waals surface area (Å²) in [6, 6.07) is 9.86. The highest BCUT2D eigenvalue weighted by atomic mass is 79.9. The molecule has 0 saturated heterocycles. The van der Waals surface area contributed by atoms with Gasteiger partial charge in [0.2, 0.25) is 0 Å². The van der Waals surface area contributed by atoms with Gasteiger partial charge in [-0.3, -0.25) is 14.9 Å². The summed E-state index contributed by atoms with van der Waals surface area (Å²) in [5.41, 5.74) is 1.46. The summed E-state index contributed by atoms with van der Waals surface area (Å²) in [6.07, 6.45) is 1.45. The molecule has 0 saturated carbocycles. The second kappa shape index (κ2) is 5.81. The number of nitrogens with zero attached hydrogens (tertiary/aromatic N) is 3. The number of nitro groups is 1. The second-order valence-electron chi connectivity index (χ2n) is 4.77. The van der Waals surface area contributed by atoms with E-state index in [9.17, 15) is 14.9 Å². The molecule has 1 aromatic carbocycles. The summed E-state index contributed by atoms with van der Waals surface area (Å²) >= 11 is 3.35. The van der Waals surface area contributed by atoms with Crippen LogP contribution in [0.25, 0.3) is 6.08 Å². The molecule has 0 aliphatic carbocycles. The van der Waals surface area contributed by atoms with E-state index < -0.39 is 4.92 Å². The van der Waals surface area contributed by atoms with Gasteiger partial charge in [-0.05, 0) is 37.3 Å². The number of carbonyl (C=O) groups excluding carboxylic acids is 1. The van der Waals surface area contributed by atoms with E-state index in [1.54, 1.807) is 25.1 Å². The zero-order valence-electron chi connectivity index (χ0n) is 11.9. The average molecular weight is 376 g/mol. The van der Waals surface area contributed by atoms with E-state index in [4.69, 9.17) is 4.42 Å². The molecular formula is C15H10BrN3O4. The molecule has 0 fully saturated rings. The van der Waals surface area contributed by atoms with Crippen molar-refractivity contribution < 1.29 is 14.1 Å². The zero-order chi connectivity index (χ0) is 16.6. The molecule has 0 bridgehead atoms. The van der Waals surface area contributed by atoms with Crippen LogP contribution >= 0.6 is 15.9 Å². The van der Waals surface area contributed by atoms with Gasteiger partial charge in [0.1, 0.15) is 10.7 Å². The van der Waals surface area contributed by atoms with Crippen LogP contribution in [0.3, 0.4) is 0 Å². The molecule has 7 nitrogen and oxygen atoms in total. The number of benzene rings is 1. The molecule has 1 amide bonds. The molecular weight excluding hydrogens is 366 g/mol. The van der Waals surface area contributed by atoms with Crippen LogP contribution in [-0.4, -0.2) is 16.5 Å². The number of hydrogen-bond donors (Lipinski definition) is 0. The molecule has 23 heavy (non-hydrogen) atoms. The number of amides is 1. The fourth-order valence-electron chi connectivity index (χ4n) is 2.13. The highest BCUT2D eigenvalue weighted by Crippen LogP contribution is 2.27. The molecule has 0 unspecified atom stereocenters. The van der Waals surface area contributed by atoms with E-state index in [1.807, 2.05) is 6.07 Å². The van der Waals surface area contributed by atoms with Gasteiger partial charge in [-0.2, -0.15) is 10.1 Å². The highest BCUT2D eigenvalue weighted by Gasteiger charge is 2.29. The van der Waals surface area contributed by atoms with E-state index in [2.05, 4.69) is 21.0 Å². The van der Waals surface area contributed by atoms with Crippen molar-refractivity contribution in [1.82, 2.24) is 0 Å². The quantitative estimate of drug-likeness (QED) is 0.464. The third-order valence-electron chi connectivity index (χ3n) is 3.19. The maximum atomic E-state index is 12.5. The number of rotatable bonds is 3. The molecule has 0 N–H and O–H groups in total. The van der Waals surface area contributed by atoms with Gasteiger partial charge in [0.25, 0.3) is 5.91 Å². The molecule has 116 valence electrons. The SMILES string of the molecule is CC1=NN(c2cccc(Br)c2)C(=O)/C1=C\c1ccc([N+](=O)[O-])o1. The summed E-state index contributed by atoms with van der Waals surface area (Å²) in [6.45, 7) is 1.69. The maximum Gasteiger partial charge on any atom is 0.433 e. The Morgan fingerprint density at radius 1 is 1.35 bits per heavy atom. The molecule has 0 spiro atoms. The lowest BCUT2D eigenvalue weighted by molar-refractivity contribution is -0.402. The number of furan rings is 1. The van der Waals surface area contributed by atoms with Crippen molar-refractivity contribution in [1.29, 1.82) is 0 Å². The fraction of sp³-hybridized carbons (Fsp3) is 0.0667. The first kappa shape index (κ1) is 15.2. The first-order valence-electron chi connectivity index (χ1n) is 6.57. The highest BCUT2D eigenvalue weighted by molar-refractivity contribution is 9.10. The van der Waals surface area contributed by atoms with Crippen LogP contribution in [0, 0.1) is 10.1 Å². The van der Waals surface area contributed by atoms with Crippen LogP contribution < -0.4 is 5.01 Å². The summed E-state index contributed by atoms with van der Waals surface area (Å²) in [4.78, 5) is 22.5. The van der Waals surface area contributed by atoms with Crippen LogP contribution in [0.2, 0.25) is 0 Å². The fourth-order valence-corrected chi connectivity index (χ4v) is 2.51. The van der Waals surface area contributed by atoms with Gasteiger partial charge in [0, 0.05) is 4.47 Å². The molecule has 1 aromatic heterocycles. The standard InChI is InChI=1S/C15H10BrN3O4/c1-9-13(8-12-5-6-14(23-12)19(21)22)15(20)18(17-9)11-4-2-3-10(16)7-11/h2-8H,1H3/b13-8-. The minimum atomic E-state index is -0.632. The van der Waals surface area contributed by atoms with Crippen LogP contribution in [0.5, 0.6) is 0 Å². The van der Waals surface area contributed by atoms with Gasteiger partial charge in [-0.25, -0.2) is 0 Å². The Kier molecular flexibility index (Phi) is 3.83. The van der Waals surface area contributed by atoms with Crippen molar-refractivity contribution in [2.75, 3.05) is 5.01 Å². The molecule has 1 aliphatic heterocycles. The maximum absolute atomic E-state index is 12.5. The number of hydrogen-bond acceptors (Lipinski definition) is 5. The monoisotopic (exact) mass is 375 g/mol. The molecule has 3 rings (SSSR count). The van der Waals surface area contributed by atoms with Gasteiger partial charge in [0.05, 0.1) is 23.0 Å². The summed E-state index contributed by atoms with van der Waals surface area (Å²) in [5.74, 6) is -0.467. The molecule has 0 atom stereocenters. The van der Waals surface area contributed by atoms with Gasteiger partial charge in [-0.1, -0.05) is 22.0 Å². The summed E-state index contributed by atoms with van der Waals surface area (Å²) in [5, 5.41) is 16.2. The average Bonchev–Trinajstić information content (AvgIpc) is 3.08. The zero-order valence-corrected chi connectivity index (χ0v) is 13.5. The number of anilines is 1. The molecule has 2 heterocycles. The summed E-state index contributed by atoms with van der Waals surface area (Å²) < 4.78 is 5.88. The normalized spacial score (nSPS) is 16.1. The Labute approximate surface area is 139 Å². The van der Waals surface area contributed by atoms with Crippen molar-refractivity contribution in [2.24, 2.45) is 5.10 Å². The van der Waals surface area contributed by atoms with Crippen LogP contribution in [0.15, 0.2) is 56.0 Å². The topological polar surface area (TPSA) is 89.0 Å². The Morgan fingerprint density at radius 2 is 2.13 bits per heavy atom. The largest absolute Gasteiger partial charge is 0.433 e. The third kappa shape index (κ3) is 2.93. The lowest BCUT2D eigenvalue weighted by Gasteiger charge is -2.11. The smallest absolute Gasteiger partial charge is 0.401 e. The van der Waals surface area contributed by atoms with Crippen LogP contribution in [-0.2, 0) is 4.79 Å². The van der Waals surface area contributed by atoms with Crippen LogP contribution in [0.4, 0.5) is 11.6 Å². The van der Waals surface area contributed by atoms with Crippen molar-refractivity contribution in [2.45, 2.75) is 6.92 Å². The number of halogens is 1. The van der Waals surface area contributed by atoms with Gasteiger partial charge in [0.15, 0.2) is 0 Å².